The highest BCUT2D eigenvalue weighted by Crippen LogP contribution is 2.33. The summed E-state index contributed by atoms with van der Waals surface area (Å²) in [6, 6.07) is 7.33. The topological polar surface area (TPSA) is 88.2 Å². The fourth-order valence-corrected chi connectivity index (χ4v) is 5.41. The zero-order chi connectivity index (χ0) is 26.8. The Hall–Kier alpha value is -3.53. The predicted molar refractivity (Wildman–Crippen MR) is 135 cm³/mol. The highest BCUT2D eigenvalue weighted by atomic mass is 19.2. The van der Waals surface area contributed by atoms with Gasteiger partial charge in [0, 0.05) is 31.4 Å². The van der Waals surface area contributed by atoms with E-state index in [0.717, 1.165) is 44.5 Å². The number of hydrogen-bond donors (Lipinski definition) is 1. The van der Waals surface area contributed by atoms with E-state index in [1.54, 1.807) is 24.1 Å². The van der Waals surface area contributed by atoms with E-state index >= 15 is 0 Å². The maximum atomic E-state index is 13.5. The summed E-state index contributed by atoms with van der Waals surface area (Å²) in [5.74, 6) is -2.62. The number of hydrogen-bond acceptors (Lipinski definition) is 5. The second kappa shape index (κ2) is 11.1. The normalized spacial score (nSPS) is 23.4. The minimum Gasteiger partial charge on any atom is -0.490 e. The minimum atomic E-state index is -1.12. The molecule has 1 N–H and O–H groups in total. The zero-order valence-corrected chi connectivity index (χ0v) is 21.3. The van der Waals surface area contributed by atoms with Gasteiger partial charge in [0.05, 0.1) is 24.1 Å². The number of likely N-dealkylation sites (tertiary alicyclic amines) is 1. The molecule has 0 spiro atoms. The molecule has 0 unspecified atom stereocenters. The molecule has 38 heavy (non-hydrogen) atoms. The van der Waals surface area contributed by atoms with Crippen LogP contribution in [0.1, 0.15) is 59.2 Å². The van der Waals surface area contributed by atoms with Gasteiger partial charge in [0.2, 0.25) is 5.91 Å². The number of likely N-dealkylation sites (N-methyl/N-ethyl adjacent to an activating group) is 1. The van der Waals surface area contributed by atoms with Gasteiger partial charge in [-0.2, -0.15) is 0 Å². The Morgan fingerprint density at radius 3 is 2.58 bits per heavy atom. The number of nitrogens with one attached hydrogen (secondary N) is 1. The first kappa shape index (κ1) is 26.1. The van der Waals surface area contributed by atoms with Gasteiger partial charge in [0.15, 0.2) is 11.6 Å². The Morgan fingerprint density at radius 1 is 1.03 bits per heavy atom. The first-order valence-corrected chi connectivity index (χ1v) is 13.0. The summed E-state index contributed by atoms with van der Waals surface area (Å²) in [6.45, 7) is 1.82. The number of anilines is 1. The molecule has 0 aromatic heterocycles. The Bertz CT molecular complexity index is 1230. The lowest BCUT2D eigenvalue weighted by Crippen LogP contribution is -2.54. The molecule has 5 rings (SSSR count). The van der Waals surface area contributed by atoms with Crippen LogP contribution in [0.2, 0.25) is 0 Å². The maximum Gasteiger partial charge on any atom is 0.257 e. The van der Waals surface area contributed by atoms with E-state index in [-0.39, 0.29) is 47.8 Å². The lowest BCUT2D eigenvalue weighted by atomic mass is 9.94. The van der Waals surface area contributed by atoms with Crippen LogP contribution in [-0.4, -0.2) is 72.5 Å². The van der Waals surface area contributed by atoms with Gasteiger partial charge in [-0.05, 0) is 68.5 Å². The third-order valence-corrected chi connectivity index (χ3v) is 7.56. The molecule has 2 fully saturated rings. The van der Waals surface area contributed by atoms with Crippen molar-refractivity contribution in [2.24, 2.45) is 0 Å². The van der Waals surface area contributed by atoms with E-state index in [2.05, 4.69) is 5.32 Å². The summed E-state index contributed by atoms with van der Waals surface area (Å²) in [7, 11) is 1.71. The van der Waals surface area contributed by atoms with Gasteiger partial charge >= 0.3 is 0 Å². The van der Waals surface area contributed by atoms with Gasteiger partial charge in [0.1, 0.15) is 18.5 Å². The van der Waals surface area contributed by atoms with E-state index in [4.69, 9.17) is 9.47 Å². The minimum absolute atomic E-state index is 0.0501. The molecule has 3 aliphatic heterocycles. The van der Waals surface area contributed by atoms with Crippen molar-refractivity contribution < 1.29 is 32.6 Å². The number of piperidine rings is 1. The molecule has 2 aromatic rings. The molecule has 0 radical (unpaired) electrons. The zero-order valence-electron chi connectivity index (χ0n) is 21.3. The number of carbonyl (C=O) groups is 3. The molecule has 10 heteroatoms. The van der Waals surface area contributed by atoms with Crippen LogP contribution in [0, 0.1) is 11.6 Å². The van der Waals surface area contributed by atoms with Crippen molar-refractivity contribution >= 4 is 23.4 Å². The highest BCUT2D eigenvalue weighted by Gasteiger charge is 2.39. The molecule has 3 atom stereocenters. The molecule has 0 bridgehead atoms. The lowest BCUT2D eigenvalue weighted by molar-refractivity contribution is -0.143. The third kappa shape index (κ3) is 5.50. The molecular weight excluding hydrogens is 496 g/mol. The number of amides is 3. The van der Waals surface area contributed by atoms with Crippen LogP contribution in [0.5, 0.6) is 5.75 Å². The van der Waals surface area contributed by atoms with Crippen LogP contribution in [0.3, 0.4) is 0 Å². The first-order chi connectivity index (χ1) is 18.3. The van der Waals surface area contributed by atoms with Gasteiger partial charge in [-0.1, -0.05) is 0 Å². The summed E-state index contributed by atoms with van der Waals surface area (Å²) >= 11 is 0. The van der Waals surface area contributed by atoms with Crippen LogP contribution in [0.4, 0.5) is 14.5 Å². The Kier molecular flexibility index (Phi) is 7.60. The van der Waals surface area contributed by atoms with Crippen molar-refractivity contribution in [3.63, 3.8) is 0 Å². The molecule has 2 aromatic carbocycles. The van der Waals surface area contributed by atoms with Gasteiger partial charge in [0.25, 0.3) is 11.8 Å². The van der Waals surface area contributed by atoms with Gasteiger partial charge in [-0.25, -0.2) is 8.78 Å². The molecule has 3 aliphatic rings. The van der Waals surface area contributed by atoms with E-state index in [1.165, 1.54) is 12.1 Å². The quantitative estimate of drug-likeness (QED) is 0.650. The van der Waals surface area contributed by atoms with Crippen LogP contribution in [0.25, 0.3) is 0 Å². The summed E-state index contributed by atoms with van der Waals surface area (Å²) in [6.07, 6.45) is 4.32. The number of benzene rings is 2. The molecule has 0 saturated carbocycles. The number of carbonyl (C=O) groups excluding carboxylic acids is 3. The SMILES string of the molecule is CN1C(=O)c2cc(NC(=O)c3ccc(F)c(F)c3)ccc2OC[C@@H]2O[C@H](CC(=O)N3CCCCC3)CC[C@@H]21. The summed E-state index contributed by atoms with van der Waals surface area (Å²) in [5, 5.41) is 2.62. The highest BCUT2D eigenvalue weighted by molar-refractivity contribution is 6.05. The maximum absolute atomic E-state index is 13.5. The van der Waals surface area contributed by atoms with E-state index in [1.807, 2.05) is 4.90 Å². The Morgan fingerprint density at radius 2 is 1.82 bits per heavy atom. The fraction of sp³-hybridized carbons (Fsp3) is 0.464. The van der Waals surface area contributed by atoms with Crippen molar-refractivity contribution in [1.82, 2.24) is 9.80 Å². The van der Waals surface area contributed by atoms with Gasteiger partial charge in [-0.15, -0.1) is 0 Å². The van der Waals surface area contributed by atoms with Gasteiger partial charge in [-0.3, -0.25) is 14.4 Å². The summed E-state index contributed by atoms with van der Waals surface area (Å²) in [5.41, 5.74) is 0.541. The van der Waals surface area contributed by atoms with Gasteiger partial charge < -0.3 is 24.6 Å². The van der Waals surface area contributed by atoms with Crippen molar-refractivity contribution in [3.05, 3.63) is 59.2 Å². The van der Waals surface area contributed by atoms with Crippen LogP contribution in [-0.2, 0) is 9.53 Å². The Labute approximate surface area is 219 Å². The second-order valence-corrected chi connectivity index (χ2v) is 10.1. The number of nitrogens with zero attached hydrogens (tertiary/aromatic N) is 2. The van der Waals surface area contributed by atoms with Crippen LogP contribution in [0.15, 0.2) is 36.4 Å². The van der Waals surface area contributed by atoms with Crippen molar-refractivity contribution in [3.8, 4) is 5.75 Å². The largest absolute Gasteiger partial charge is 0.490 e. The first-order valence-electron chi connectivity index (χ1n) is 13.0. The molecule has 2 saturated heterocycles. The molecule has 0 aliphatic carbocycles. The average molecular weight is 528 g/mol. The predicted octanol–water partition coefficient (Wildman–Crippen LogP) is 4.00. The number of fused-ring (bicyclic) bond motifs is 2. The van der Waals surface area contributed by atoms with Crippen molar-refractivity contribution in [2.75, 3.05) is 32.1 Å². The van der Waals surface area contributed by atoms with E-state index in [0.29, 0.717) is 30.7 Å². The number of ether oxygens (including phenoxy) is 2. The molecule has 3 heterocycles. The smallest absolute Gasteiger partial charge is 0.257 e. The van der Waals surface area contributed by atoms with E-state index < -0.39 is 17.5 Å². The molecule has 8 nitrogen and oxygen atoms in total. The van der Waals surface area contributed by atoms with E-state index in [9.17, 15) is 23.2 Å². The molecule has 202 valence electrons. The number of halogens is 2. The molecular formula is C28H31F2N3O5. The standard InChI is InChI=1S/C28H31F2N3O5/c1-32-23-9-7-19(15-26(34)33-11-3-2-4-12-33)38-25(23)16-37-24-10-6-18(14-20(24)28(32)36)31-27(35)17-5-8-21(29)22(30)13-17/h5-6,8,10,13-14,19,23,25H,2-4,7,9,11-12,15-16H2,1H3,(H,31,35)/t19-,23-,25-/m0/s1. The third-order valence-electron chi connectivity index (χ3n) is 7.56. The summed E-state index contributed by atoms with van der Waals surface area (Å²) in [4.78, 5) is 42.3. The van der Waals surface area contributed by atoms with Crippen molar-refractivity contribution in [2.45, 2.75) is 56.8 Å². The second-order valence-electron chi connectivity index (χ2n) is 10.1. The fourth-order valence-electron chi connectivity index (χ4n) is 5.41. The summed E-state index contributed by atoms with van der Waals surface area (Å²) < 4.78 is 39.0. The number of rotatable bonds is 4. The lowest BCUT2D eigenvalue weighted by Gasteiger charge is -2.42. The van der Waals surface area contributed by atoms with Crippen LogP contribution >= 0.6 is 0 Å². The molecule has 3 amide bonds. The average Bonchev–Trinajstić information content (AvgIpc) is 2.93. The van der Waals surface area contributed by atoms with Crippen molar-refractivity contribution in [1.29, 1.82) is 0 Å². The Balaban J connectivity index is 1.27. The monoisotopic (exact) mass is 527 g/mol. The van der Waals surface area contributed by atoms with Crippen LogP contribution < -0.4 is 10.1 Å².